The second kappa shape index (κ2) is 7.55. The van der Waals surface area contributed by atoms with E-state index in [1.807, 2.05) is 16.8 Å². The predicted molar refractivity (Wildman–Crippen MR) is 62.9 cm³/mol. The highest BCUT2D eigenvalue weighted by Gasteiger charge is 1.91. The Morgan fingerprint density at radius 2 is 2.50 bits per heavy atom. The summed E-state index contributed by atoms with van der Waals surface area (Å²) >= 11 is 1.60. The van der Waals surface area contributed by atoms with Gasteiger partial charge in [-0.05, 0) is 18.4 Å². The van der Waals surface area contributed by atoms with Crippen LogP contribution >= 0.6 is 11.3 Å². The van der Waals surface area contributed by atoms with Crippen LogP contribution in [0.3, 0.4) is 0 Å². The molecule has 0 bridgehead atoms. The third-order valence-corrected chi connectivity index (χ3v) is 2.18. The zero-order chi connectivity index (χ0) is 11.6. The number of thiophene rings is 1. The normalized spacial score (nSPS) is 9.56. The Morgan fingerprint density at radius 3 is 3.19 bits per heavy atom. The summed E-state index contributed by atoms with van der Waals surface area (Å²) in [6, 6.07) is 1.94. The van der Waals surface area contributed by atoms with E-state index in [0.29, 0.717) is 6.61 Å². The molecule has 0 aliphatic carbocycles. The molecule has 0 radical (unpaired) electrons. The monoisotopic (exact) mass is 236 g/mol. The molecule has 0 aliphatic rings. The molecular weight excluding hydrogens is 224 g/mol. The molecule has 0 saturated heterocycles. The van der Waals surface area contributed by atoms with Crippen molar-refractivity contribution in [2.45, 2.75) is 6.92 Å². The second-order valence-corrected chi connectivity index (χ2v) is 3.46. The van der Waals surface area contributed by atoms with Gasteiger partial charge in [0, 0.05) is 10.9 Å². The summed E-state index contributed by atoms with van der Waals surface area (Å²) in [5.41, 5.74) is 0.975. The fourth-order valence-electron chi connectivity index (χ4n) is 0.858. The molecule has 0 fully saturated rings. The average molecular weight is 236 g/mol. The van der Waals surface area contributed by atoms with Crippen LogP contribution in [0.1, 0.15) is 12.5 Å². The lowest BCUT2D eigenvalue weighted by Gasteiger charge is -1.94. The summed E-state index contributed by atoms with van der Waals surface area (Å²) in [4.78, 5) is 10.8. The molecule has 0 atom stereocenters. The zero-order valence-corrected chi connectivity index (χ0v) is 9.75. The maximum atomic E-state index is 10.8. The van der Waals surface area contributed by atoms with Gasteiger partial charge in [0.15, 0.2) is 0 Å². The van der Waals surface area contributed by atoms with E-state index in [0.717, 1.165) is 5.56 Å². The van der Waals surface area contributed by atoms with Gasteiger partial charge in [0.25, 0.3) is 0 Å². The van der Waals surface area contributed by atoms with E-state index in [9.17, 15) is 4.79 Å². The highest BCUT2D eigenvalue weighted by atomic mass is 32.1. The van der Waals surface area contributed by atoms with Gasteiger partial charge in [0.2, 0.25) is 0 Å². The minimum Gasteiger partial charge on any atom is -0.488 e. The summed E-state index contributed by atoms with van der Waals surface area (Å²) < 4.78 is 9.66. The van der Waals surface area contributed by atoms with Gasteiger partial charge in [0.1, 0.15) is 6.61 Å². The molecule has 84 valence electrons. The largest absolute Gasteiger partial charge is 0.488 e. The van der Waals surface area contributed by atoms with E-state index in [1.54, 1.807) is 18.3 Å². The lowest BCUT2D eigenvalue weighted by atomic mass is 10.3. The van der Waals surface area contributed by atoms with Crippen LogP contribution in [-0.4, -0.2) is 19.2 Å². The van der Waals surface area contributed by atoms with E-state index < -0.39 is 5.97 Å². The fourth-order valence-corrected chi connectivity index (χ4v) is 1.45. The Kier molecular flexibility index (Phi) is 5.82. The number of hydrogen-bond donors (Lipinski definition) is 0. The van der Waals surface area contributed by atoms with Crippen molar-refractivity contribution in [1.82, 2.24) is 0 Å². The van der Waals surface area contributed by atoms with Crippen LogP contribution in [-0.2, 0) is 14.3 Å². The SMILES string of the molecule is CCOC(=O)/C=C/OCC#Cc1ccsc1. The van der Waals surface area contributed by atoms with Crippen LogP contribution < -0.4 is 0 Å². The molecule has 1 rings (SSSR count). The zero-order valence-electron chi connectivity index (χ0n) is 8.93. The smallest absolute Gasteiger partial charge is 0.333 e. The van der Waals surface area contributed by atoms with Gasteiger partial charge in [0.05, 0.1) is 18.9 Å². The van der Waals surface area contributed by atoms with Crippen LogP contribution in [0, 0.1) is 11.8 Å². The van der Waals surface area contributed by atoms with Crippen molar-refractivity contribution in [2.24, 2.45) is 0 Å². The van der Waals surface area contributed by atoms with E-state index in [-0.39, 0.29) is 6.61 Å². The quantitative estimate of drug-likeness (QED) is 0.264. The number of esters is 1. The van der Waals surface area contributed by atoms with Crippen molar-refractivity contribution < 1.29 is 14.3 Å². The van der Waals surface area contributed by atoms with Crippen molar-refractivity contribution in [3.63, 3.8) is 0 Å². The van der Waals surface area contributed by atoms with Gasteiger partial charge in [-0.3, -0.25) is 0 Å². The highest BCUT2D eigenvalue weighted by molar-refractivity contribution is 7.08. The Bertz CT molecular complexity index is 396. The van der Waals surface area contributed by atoms with Gasteiger partial charge in [-0.25, -0.2) is 4.79 Å². The van der Waals surface area contributed by atoms with Crippen LogP contribution in [0.5, 0.6) is 0 Å². The first-order valence-corrected chi connectivity index (χ1v) is 5.73. The fraction of sp³-hybridized carbons (Fsp3) is 0.250. The molecule has 1 aromatic rings. The van der Waals surface area contributed by atoms with Gasteiger partial charge in [-0.1, -0.05) is 11.8 Å². The number of carbonyl (C=O) groups is 1. The molecule has 0 amide bonds. The lowest BCUT2D eigenvalue weighted by Crippen LogP contribution is -1.99. The van der Waals surface area contributed by atoms with E-state index in [2.05, 4.69) is 16.6 Å². The van der Waals surface area contributed by atoms with Crippen LogP contribution in [0.15, 0.2) is 29.2 Å². The molecule has 1 heterocycles. The molecule has 0 unspecified atom stereocenters. The molecule has 16 heavy (non-hydrogen) atoms. The molecule has 3 nitrogen and oxygen atoms in total. The molecule has 0 spiro atoms. The maximum absolute atomic E-state index is 10.8. The van der Waals surface area contributed by atoms with Crippen molar-refractivity contribution in [3.05, 3.63) is 34.7 Å². The molecule has 0 saturated carbocycles. The summed E-state index contributed by atoms with van der Waals surface area (Å²) in [6.07, 6.45) is 2.52. The Labute approximate surface area is 98.7 Å². The van der Waals surface area contributed by atoms with Crippen LogP contribution in [0.2, 0.25) is 0 Å². The molecular formula is C12H12O3S. The lowest BCUT2D eigenvalue weighted by molar-refractivity contribution is -0.137. The third kappa shape index (κ3) is 5.23. The topological polar surface area (TPSA) is 35.5 Å². The number of hydrogen-bond acceptors (Lipinski definition) is 4. The summed E-state index contributed by atoms with van der Waals surface area (Å²) in [7, 11) is 0. The molecule has 0 N–H and O–H groups in total. The van der Waals surface area contributed by atoms with Gasteiger partial charge < -0.3 is 9.47 Å². The van der Waals surface area contributed by atoms with Crippen LogP contribution in [0.25, 0.3) is 0 Å². The minimum absolute atomic E-state index is 0.256. The Balaban J connectivity index is 2.19. The first kappa shape index (κ1) is 12.3. The highest BCUT2D eigenvalue weighted by Crippen LogP contribution is 2.02. The van der Waals surface area contributed by atoms with Crippen LogP contribution in [0.4, 0.5) is 0 Å². The standard InChI is InChI=1S/C12H12O3S/c1-2-15-12(13)5-8-14-7-3-4-11-6-9-16-10-11/h5-6,8-10H,2,7H2,1H3/b8-5+. The van der Waals surface area contributed by atoms with Gasteiger partial charge in [-0.2, -0.15) is 11.3 Å². The van der Waals surface area contributed by atoms with Crippen molar-refractivity contribution in [2.75, 3.05) is 13.2 Å². The third-order valence-electron chi connectivity index (χ3n) is 1.50. The summed E-state index contributed by atoms with van der Waals surface area (Å²) in [5, 5.41) is 3.92. The van der Waals surface area contributed by atoms with Crippen molar-refractivity contribution >= 4 is 17.3 Å². The first-order chi connectivity index (χ1) is 7.83. The number of rotatable bonds is 4. The van der Waals surface area contributed by atoms with Gasteiger partial charge >= 0.3 is 5.97 Å². The Hall–Kier alpha value is -1.73. The van der Waals surface area contributed by atoms with Crippen molar-refractivity contribution in [1.29, 1.82) is 0 Å². The second-order valence-electron chi connectivity index (χ2n) is 2.68. The Morgan fingerprint density at radius 1 is 1.62 bits per heavy atom. The number of ether oxygens (including phenoxy) is 2. The minimum atomic E-state index is -0.409. The summed E-state index contributed by atoms with van der Waals surface area (Å²) in [5.74, 6) is 5.34. The maximum Gasteiger partial charge on any atom is 0.333 e. The molecule has 1 aromatic heterocycles. The number of carbonyl (C=O) groups excluding carboxylic acids is 1. The molecule has 4 heteroatoms. The molecule has 0 aromatic carbocycles. The van der Waals surface area contributed by atoms with E-state index in [1.165, 1.54) is 12.3 Å². The summed E-state index contributed by atoms with van der Waals surface area (Å²) in [6.45, 7) is 2.37. The predicted octanol–water partition coefficient (Wildman–Crippen LogP) is 2.19. The van der Waals surface area contributed by atoms with Crippen molar-refractivity contribution in [3.8, 4) is 11.8 Å². The van der Waals surface area contributed by atoms with E-state index in [4.69, 9.17) is 4.74 Å². The first-order valence-electron chi connectivity index (χ1n) is 4.79. The molecule has 0 aliphatic heterocycles. The average Bonchev–Trinajstić information content (AvgIpc) is 2.76. The van der Waals surface area contributed by atoms with E-state index >= 15 is 0 Å². The van der Waals surface area contributed by atoms with Gasteiger partial charge in [-0.15, -0.1) is 0 Å².